The summed E-state index contributed by atoms with van der Waals surface area (Å²) in [4.78, 5) is 9.34. The highest BCUT2D eigenvalue weighted by atomic mass is 127. The van der Waals surface area contributed by atoms with Gasteiger partial charge in [-0.15, -0.1) is 24.0 Å². The van der Waals surface area contributed by atoms with Gasteiger partial charge in [0.2, 0.25) is 0 Å². The average molecular weight is 511 g/mol. The van der Waals surface area contributed by atoms with Crippen LogP contribution in [0.5, 0.6) is 0 Å². The smallest absolute Gasteiger partial charge is 0.194 e. The third-order valence-electron chi connectivity index (χ3n) is 3.81. The minimum absolute atomic E-state index is 0. The van der Waals surface area contributed by atoms with Crippen molar-refractivity contribution in [2.75, 3.05) is 53.0 Å². The van der Waals surface area contributed by atoms with Crippen molar-refractivity contribution < 1.29 is 4.74 Å². The van der Waals surface area contributed by atoms with Gasteiger partial charge in [0.25, 0.3) is 0 Å². The molecule has 5 nitrogen and oxygen atoms in total. The molecule has 1 aliphatic heterocycles. The maximum Gasteiger partial charge on any atom is 0.194 e. The van der Waals surface area contributed by atoms with Gasteiger partial charge >= 0.3 is 0 Å². The zero-order valence-corrected chi connectivity index (χ0v) is 18.4. The summed E-state index contributed by atoms with van der Waals surface area (Å²) >= 11 is 3.47. The van der Waals surface area contributed by atoms with E-state index in [2.05, 4.69) is 69.3 Å². The molecule has 1 N–H and O–H groups in total. The molecule has 1 aromatic rings. The van der Waals surface area contributed by atoms with Crippen molar-refractivity contribution in [1.82, 2.24) is 15.1 Å². The van der Waals surface area contributed by atoms with E-state index in [4.69, 9.17) is 9.73 Å². The van der Waals surface area contributed by atoms with E-state index >= 15 is 0 Å². The Labute approximate surface area is 171 Å². The lowest BCUT2D eigenvalue weighted by Gasteiger charge is -2.26. The standard InChI is InChI=1S/C17H27BrN4O.HI/c1-3-19-17(20-8-9-22-10-12-23-13-11-22)21(2)14-15-4-6-16(18)7-5-15;/h4-7H,3,8-14H2,1-2H3,(H,19,20);1H. The zero-order chi connectivity index (χ0) is 16.5. The second-order valence-corrected chi connectivity index (χ2v) is 6.59. The number of aliphatic imine (C=N–C) groups is 1. The number of nitrogens with one attached hydrogen (secondary N) is 1. The second-order valence-electron chi connectivity index (χ2n) is 5.67. The summed E-state index contributed by atoms with van der Waals surface area (Å²) in [6, 6.07) is 8.42. The maximum atomic E-state index is 5.38. The predicted molar refractivity (Wildman–Crippen MR) is 114 cm³/mol. The molecule has 1 heterocycles. The van der Waals surface area contributed by atoms with E-state index in [1.165, 1.54) is 5.56 Å². The number of ether oxygens (including phenoxy) is 1. The van der Waals surface area contributed by atoms with Crippen molar-refractivity contribution >= 4 is 45.9 Å². The molecular formula is C17H28BrIN4O. The molecule has 1 aromatic carbocycles. The molecule has 1 saturated heterocycles. The first-order valence-corrected chi connectivity index (χ1v) is 9.02. The van der Waals surface area contributed by atoms with Crippen LogP contribution in [0.25, 0.3) is 0 Å². The monoisotopic (exact) mass is 510 g/mol. The van der Waals surface area contributed by atoms with Gasteiger partial charge in [0.05, 0.1) is 19.8 Å². The van der Waals surface area contributed by atoms with Crippen LogP contribution in [0.2, 0.25) is 0 Å². The van der Waals surface area contributed by atoms with Crippen LogP contribution < -0.4 is 5.32 Å². The van der Waals surface area contributed by atoms with Gasteiger partial charge in [-0.05, 0) is 24.6 Å². The van der Waals surface area contributed by atoms with E-state index < -0.39 is 0 Å². The first-order valence-electron chi connectivity index (χ1n) is 8.23. The molecule has 0 atom stereocenters. The minimum Gasteiger partial charge on any atom is -0.379 e. The third kappa shape index (κ3) is 7.67. The normalized spacial score (nSPS) is 15.7. The summed E-state index contributed by atoms with van der Waals surface area (Å²) in [6.45, 7) is 9.34. The van der Waals surface area contributed by atoms with E-state index in [0.29, 0.717) is 0 Å². The Bertz CT molecular complexity index is 492. The van der Waals surface area contributed by atoms with Crippen LogP contribution in [0.1, 0.15) is 12.5 Å². The molecule has 24 heavy (non-hydrogen) atoms. The number of benzene rings is 1. The predicted octanol–water partition coefficient (Wildman–Crippen LogP) is 2.80. The molecule has 0 aliphatic carbocycles. The highest BCUT2D eigenvalue weighted by Gasteiger charge is 2.10. The van der Waals surface area contributed by atoms with Crippen LogP contribution in [-0.4, -0.2) is 68.7 Å². The van der Waals surface area contributed by atoms with Gasteiger partial charge in [-0.25, -0.2) is 0 Å². The largest absolute Gasteiger partial charge is 0.379 e. The fourth-order valence-electron chi connectivity index (χ4n) is 2.53. The number of nitrogens with zero attached hydrogens (tertiary/aromatic N) is 3. The van der Waals surface area contributed by atoms with E-state index in [0.717, 1.165) is 62.9 Å². The molecule has 0 spiro atoms. The second kappa shape index (κ2) is 12.1. The maximum absolute atomic E-state index is 5.38. The average Bonchev–Trinajstić information content (AvgIpc) is 2.57. The van der Waals surface area contributed by atoms with Crippen LogP contribution >= 0.6 is 39.9 Å². The van der Waals surface area contributed by atoms with Crippen molar-refractivity contribution in [2.45, 2.75) is 13.5 Å². The summed E-state index contributed by atoms with van der Waals surface area (Å²) in [6.07, 6.45) is 0. The van der Waals surface area contributed by atoms with E-state index in [1.807, 2.05) is 0 Å². The molecule has 0 radical (unpaired) electrons. The Balaban J connectivity index is 0.00000288. The first kappa shape index (κ1) is 21.7. The molecule has 0 aromatic heterocycles. The van der Waals surface area contributed by atoms with Crippen LogP contribution in [-0.2, 0) is 11.3 Å². The minimum atomic E-state index is 0. The SMILES string of the molecule is CCNC(=NCCN1CCOCC1)N(C)Cc1ccc(Br)cc1.I. The molecule has 1 aliphatic rings. The van der Waals surface area contributed by atoms with Crippen LogP contribution in [0.4, 0.5) is 0 Å². The third-order valence-corrected chi connectivity index (χ3v) is 4.34. The molecule has 0 bridgehead atoms. The molecule has 7 heteroatoms. The number of halogens is 2. The Morgan fingerprint density at radius 2 is 1.96 bits per heavy atom. The lowest BCUT2D eigenvalue weighted by atomic mass is 10.2. The Hall–Kier alpha value is -0.380. The molecule has 0 unspecified atom stereocenters. The van der Waals surface area contributed by atoms with Crippen LogP contribution in [0.15, 0.2) is 33.7 Å². The summed E-state index contributed by atoms with van der Waals surface area (Å²) < 4.78 is 6.48. The molecule has 2 rings (SSSR count). The summed E-state index contributed by atoms with van der Waals surface area (Å²) in [5.41, 5.74) is 1.27. The lowest BCUT2D eigenvalue weighted by Crippen LogP contribution is -2.40. The van der Waals surface area contributed by atoms with Crippen molar-refractivity contribution in [1.29, 1.82) is 0 Å². The Morgan fingerprint density at radius 3 is 2.58 bits per heavy atom. The fourth-order valence-corrected chi connectivity index (χ4v) is 2.79. The van der Waals surface area contributed by atoms with Crippen LogP contribution in [0.3, 0.4) is 0 Å². The van der Waals surface area contributed by atoms with Gasteiger partial charge < -0.3 is 15.0 Å². The van der Waals surface area contributed by atoms with Crippen molar-refractivity contribution in [3.8, 4) is 0 Å². The van der Waals surface area contributed by atoms with Gasteiger partial charge in [-0.2, -0.15) is 0 Å². The summed E-state index contributed by atoms with van der Waals surface area (Å²) in [7, 11) is 2.08. The van der Waals surface area contributed by atoms with E-state index in [9.17, 15) is 0 Å². The van der Waals surface area contributed by atoms with Crippen molar-refractivity contribution in [2.24, 2.45) is 4.99 Å². The van der Waals surface area contributed by atoms with E-state index in [-0.39, 0.29) is 24.0 Å². The fraction of sp³-hybridized carbons (Fsp3) is 0.588. The molecule has 1 fully saturated rings. The molecule has 136 valence electrons. The topological polar surface area (TPSA) is 40.1 Å². The number of hydrogen-bond donors (Lipinski definition) is 1. The summed E-state index contributed by atoms with van der Waals surface area (Å²) in [5, 5.41) is 3.38. The molecule has 0 amide bonds. The Morgan fingerprint density at radius 1 is 1.29 bits per heavy atom. The van der Waals surface area contributed by atoms with Gasteiger partial charge in [0, 0.05) is 44.2 Å². The van der Waals surface area contributed by atoms with E-state index in [1.54, 1.807) is 0 Å². The summed E-state index contributed by atoms with van der Waals surface area (Å²) in [5.74, 6) is 0.962. The quantitative estimate of drug-likeness (QED) is 0.363. The number of rotatable bonds is 6. The lowest BCUT2D eigenvalue weighted by molar-refractivity contribution is 0.0394. The van der Waals surface area contributed by atoms with Crippen molar-refractivity contribution in [3.63, 3.8) is 0 Å². The van der Waals surface area contributed by atoms with Crippen LogP contribution in [0, 0.1) is 0 Å². The number of morpholine rings is 1. The molecular weight excluding hydrogens is 483 g/mol. The zero-order valence-electron chi connectivity index (χ0n) is 14.5. The van der Waals surface area contributed by atoms with Gasteiger partial charge in [0.15, 0.2) is 5.96 Å². The molecule has 0 saturated carbocycles. The highest BCUT2D eigenvalue weighted by molar-refractivity contribution is 14.0. The van der Waals surface area contributed by atoms with Gasteiger partial charge in [-0.1, -0.05) is 28.1 Å². The van der Waals surface area contributed by atoms with Crippen molar-refractivity contribution in [3.05, 3.63) is 34.3 Å². The number of guanidine groups is 1. The Kier molecular flexibility index (Phi) is 10.9. The van der Waals surface area contributed by atoms with Gasteiger partial charge in [0.1, 0.15) is 0 Å². The van der Waals surface area contributed by atoms with Gasteiger partial charge in [-0.3, -0.25) is 9.89 Å². The number of hydrogen-bond acceptors (Lipinski definition) is 3. The highest BCUT2D eigenvalue weighted by Crippen LogP contribution is 2.11. The first-order chi connectivity index (χ1) is 11.2.